The molecule has 4 heterocycles. The lowest BCUT2D eigenvalue weighted by Crippen LogP contribution is -2.50. The second kappa shape index (κ2) is 8.27. The third-order valence-electron chi connectivity index (χ3n) is 5.70. The Labute approximate surface area is 188 Å². The Kier molecular flexibility index (Phi) is 5.14. The first kappa shape index (κ1) is 20.5. The highest BCUT2D eigenvalue weighted by molar-refractivity contribution is 5.83. The van der Waals surface area contributed by atoms with Crippen LogP contribution in [0.3, 0.4) is 0 Å². The van der Waals surface area contributed by atoms with E-state index in [-0.39, 0.29) is 29.6 Å². The highest BCUT2D eigenvalue weighted by atomic mass is 16.4. The van der Waals surface area contributed by atoms with E-state index in [1.165, 1.54) is 10.9 Å². The van der Waals surface area contributed by atoms with Crippen LogP contribution in [0.2, 0.25) is 0 Å². The summed E-state index contributed by atoms with van der Waals surface area (Å²) in [5.74, 6) is 0.852. The highest BCUT2D eigenvalue weighted by Gasteiger charge is 2.27. The molecule has 1 aliphatic rings. The van der Waals surface area contributed by atoms with Gasteiger partial charge in [0.15, 0.2) is 5.76 Å². The van der Waals surface area contributed by atoms with Crippen LogP contribution < -0.4 is 10.5 Å². The second-order valence-electron chi connectivity index (χ2n) is 7.72. The molecule has 0 aliphatic carbocycles. The molecule has 1 fully saturated rings. The number of carbonyl (C=O) groups excluding carboxylic acids is 1. The summed E-state index contributed by atoms with van der Waals surface area (Å²) in [6, 6.07) is 12.7. The summed E-state index contributed by atoms with van der Waals surface area (Å²) in [5, 5.41) is 15.1. The van der Waals surface area contributed by atoms with Crippen molar-refractivity contribution in [1.29, 1.82) is 5.26 Å². The van der Waals surface area contributed by atoms with Crippen LogP contribution in [0.1, 0.15) is 11.4 Å². The number of nitriles is 1. The van der Waals surface area contributed by atoms with Crippen LogP contribution in [0.15, 0.2) is 56.3 Å². The van der Waals surface area contributed by atoms with Gasteiger partial charge in [0.1, 0.15) is 12.6 Å². The number of aromatic nitrogens is 3. The van der Waals surface area contributed by atoms with Gasteiger partial charge in [0.2, 0.25) is 17.5 Å². The van der Waals surface area contributed by atoms with Crippen molar-refractivity contribution in [2.24, 2.45) is 0 Å². The summed E-state index contributed by atoms with van der Waals surface area (Å²) < 4.78 is 12.3. The van der Waals surface area contributed by atoms with Crippen LogP contribution in [0.5, 0.6) is 0 Å². The fraction of sp³-hybridized carbons (Fsp3) is 0.261. The van der Waals surface area contributed by atoms with E-state index in [9.17, 15) is 14.9 Å². The molecule has 4 aromatic rings. The van der Waals surface area contributed by atoms with Crippen LogP contribution in [-0.2, 0) is 11.3 Å². The van der Waals surface area contributed by atoms with Crippen LogP contribution in [0.25, 0.3) is 22.4 Å². The maximum absolute atomic E-state index is 12.9. The smallest absolute Gasteiger partial charge is 0.275 e. The van der Waals surface area contributed by atoms with Gasteiger partial charge in [-0.05, 0) is 25.1 Å². The van der Waals surface area contributed by atoms with Crippen molar-refractivity contribution >= 4 is 22.6 Å². The summed E-state index contributed by atoms with van der Waals surface area (Å²) >= 11 is 0. The Balaban J connectivity index is 1.29. The molecule has 3 aromatic heterocycles. The molecule has 1 aliphatic heterocycles. The minimum absolute atomic E-state index is 0.126. The maximum atomic E-state index is 12.9. The van der Waals surface area contributed by atoms with Gasteiger partial charge in [0, 0.05) is 31.6 Å². The molecule has 1 saturated heterocycles. The number of aryl methyl sites for hydroxylation is 1. The molecule has 0 unspecified atom stereocenters. The van der Waals surface area contributed by atoms with E-state index < -0.39 is 0 Å². The van der Waals surface area contributed by atoms with Crippen molar-refractivity contribution in [3.8, 4) is 17.7 Å². The summed E-state index contributed by atoms with van der Waals surface area (Å²) in [6.07, 6.45) is 1.51. The lowest BCUT2D eigenvalue weighted by atomic mass is 10.1. The first-order chi connectivity index (χ1) is 16.0. The molecule has 1 aromatic carbocycles. The van der Waals surface area contributed by atoms with E-state index in [4.69, 9.17) is 8.83 Å². The first-order valence-electron chi connectivity index (χ1n) is 10.5. The highest BCUT2D eigenvalue weighted by Crippen LogP contribution is 2.29. The SMILES string of the molecule is Cc1nn(CC(=O)N2CCN(c3oc(-c4ccco4)nc3C#N)CC2)c(=O)c2ccccc12. The van der Waals surface area contributed by atoms with Crippen LogP contribution >= 0.6 is 0 Å². The molecule has 0 saturated carbocycles. The molecule has 0 spiro atoms. The third-order valence-corrected chi connectivity index (χ3v) is 5.70. The zero-order valence-electron chi connectivity index (χ0n) is 17.9. The van der Waals surface area contributed by atoms with Gasteiger partial charge in [-0.3, -0.25) is 9.59 Å². The predicted octanol–water partition coefficient (Wildman–Crippen LogP) is 2.17. The summed E-state index contributed by atoms with van der Waals surface area (Å²) in [5.41, 5.74) is 0.585. The monoisotopic (exact) mass is 444 g/mol. The van der Waals surface area contributed by atoms with Crippen molar-refractivity contribution < 1.29 is 13.6 Å². The lowest BCUT2D eigenvalue weighted by molar-refractivity contribution is -0.132. The lowest BCUT2D eigenvalue weighted by Gasteiger charge is -2.34. The zero-order valence-corrected chi connectivity index (χ0v) is 17.9. The molecule has 166 valence electrons. The number of piperazine rings is 1. The van der Waals surface area contributed by atoms with E-state index in [1.54, 1.807) is 29.2 Å². The number of hydrogen-bond donors (Lipinski definition) is 0. The number of amides is 1. The number of anilines is 1. The number of benzene rings is 1. The number of hydrogen-bond acceptors (Lipinski definition) is 8. The standard InChI is InChI=1S/C23H20N6O4/c1-15-16-5-2-3-6-17(16)22(31)29(26-15)14-20(30)27-8-10-28(11-9-27)23-18(13-24)25-21(33-23)19-7-4-12-32-19/h2-7,12H,8-11,14H2,1H3. The molecule has 0 atom stereocenters. The number of carbonyl (C=O) groups is 1. The molecule has 10 heteroatoms. The minimum atomic E-state index is -0.283. The number of fused-ring (bicyclic) bond motifs is 1. The molecule has 10 nitrogen and oxygen atoms in total. The average molecular weight is 444 g/mol. The first-order valence-corrected chi connectivity index (χ1v) is 10.5. The van der Waals surface area contributed by atoms with Gasteiger partial charge in [-0.1, -0.05) is 18.2 Å². The van der Waals surface area contributed by atoms with Gasteiger partial charge in [-0.15, -0.1) is 0 Å². The largest absolute Gasteiger partial charge is 0.459 e. The summed E-state index contributed by atoms with van der Waals surface area (Å²) in [4.78, 5) is 33.4. The molecule has 5 rings (SSSR count). The summed E-state index contributed by atoms with van der Waals surface area (Å²) in [6.45, 7) is 3.46. The van der Waals surface area contributed by atoms with E-state index in [1.807, 2.05) is 24.0 Å². The molecule has 0 radical (unpaired) electrons. The number of furan rings is 1. The van der Waals surface area contributed by atoms with Gasteiger partial charge in [-0.2, -0.15) is 15.3 Å². The average Bonchev–Trinajstić information content (AvgIpc) is 3.52. The van der Waals surface area contributed by atoms with Crippen molar-refractivity contribution in [2.75, 3.05) is 31.1 Å². The zero-order chi connectivity index (χ0) is 22.9. The van der Waals surface area contributed by atoms with Crippen molar-refractivity contribution in [1.82, 2.24) is 19.7 Å². The molecule has 0 bridgehead atoms. The van der Waals surface area contributed by atoms with E-state index >= 15 is 0 Å². The van der Waals surface area contributed by atoms with Gasteiger partial charge in [0.25, 0.3) is 11.4 Å². The van der Waals surface area contributed by atoms with Crippen LogP contribution in [0, 0.1) is 18.3 Å². The Morgan fingerprint density at radius 1 is 1.12 bits per heavy atom. The Bertz CT molecular complexity index is 1420. The normalized spacial score (nSPS) is 13.9. The van der Waals surface area contributed by atoms with Crippen molar-refractivity contribution in [3.05, 3.63) is 64.4 Å². The summed E-state index contributed by atoms with van der Waals surface area (Å²) in [7, 11) is 0. The fourth-order valence-electron chi connectivity index (χ4n) is 4.00. The van der Waals surface area contributed by atoms with Crippen LogP contribution in [0.4, 0.5) is 5.88 Å². The molecule has 0 N–H and O–H groups in total. The number of nitrogens with zero attached hydrogens (tertiary/aromatic N) is 6. The van der Waals surface area contributed by atoms with E-state index in [0.29, 0.717) is 48.9 Å². The van der Waals surface area contributed by atoms with Crippen molar-refractivity contribution in [3.63, 3.8) is 0 Å². The number of oxazole rings is 1. The Morgan fingerprint density at radius 2 is 1.88 bits per heavy atom. The maximum Gasteiger partial charge on any atom is 0.275 e. The quantitative estimate of drug-likeness (QED) is 0.469. The predicted molar refractivity (Wildman–Crippen MR) is 118 cm³/mol. The molecule has 1 amide bonds. The van der Waals surface area contributed by atoms with E-state index in [0.717, 1.165) is 5.39 Å². The number of rotatable bonds is 4. The second-order valence-corrected chi connectivity index (χ2v) is 7.72. The van der Waals surface area contributed by atoms with Gasteiger partial charge < -0.3 is 18.6 Å². The molecular formula is C23H20N6O4. The van der Waals surface area contributed by atoms with Gasteiger partial charge in [0.05, 0.1) is 17.3 Å². The van der Waals surface area contributed by atoms with Crippen molar-refractivity contribution in [2.45, 2.75) is 13.5 Å². The van der Waals surface area contributed by atoms with Gasteiger partial charge >= 0.3 is 0 Å². The van der Waals surface area contributed by atoms with Gasteiger partial charge in [-0.25, -0.2) is 4.68 Å². The minimum Gasteiger partial charge on any atom is -0.459 e. The molecular weight excluding hydrogens is 424 g/mol. The van der Waals surface area contributed by atoms with Crippen LogP contribution in [-0.4, -0.2) is 51.8 Å². The van der Waals surface area contributed by atoms with E-state index in [2.05, 4.69) is 16.2 Å². The Hall–Kier alpha value is -4.39. The third kappa shape index (κ3) is 3.74. The molecule has 33 heavy (non-hydrogen) atoms. The fourth-order valence-corrected chi connectivity index (χ4v) is 4.00. The Morgan fingerprint density at radius 3 is 2.58 bits per heavy atom. The topological polar surface area (TPSA) is 121 Å².